The smallest absolute Gasteiger partial charge is 0.255 e. The Labute approximate surface area is 88.8 Å². The lowest BCUT2D eigenvalue weighted by atomic mass is 10.0. The van der Waals surface area contributed by atoms with Crippen molar-refractivity contribution in [3.63, 3.8) is 0 Å². The quantitative estimate of drug-likeness (QED) is 0.628. The minimum absolute atomic E-state index is 0.0401. The van der Waals surface area contributed by atoms with Gasteiger partial charge in [0.15, 0.2) is 0 Å². The molecule has 2 heterocycles. The van der Waals surface area contributed by atoms with Crippen LogP contribution in [0.5, 0.6) is 0 Å². The number of carbonyl (C=O) groups is 2. The molecule has 0 unspecified atom stereocenters. The van der Waals surface area contributed by atoms with Crippen molar-refractivity contribution in [3.05, 3.63) is 0 Å². The van der Waals surface area contributed by atoms with Crippen molar-refractivity contribution in [1.82, 2.24) is 10.2 Å². The van der Waals surface area contributed by atoms with Gasteiger partial charge in [-0.05, 0) is 19.4 Å². The lowest BCUT2D eigenvalue weighted by Gasteiger charge is -2.31. The number of ether oxygens (including phenoxy) is 1. The fourth-order valence-corrected chi connectivity index (χ4v) is 2.02. The van der Waals surface area contributed by atoms with E-state index in [0.29, 0.717) is 6.54 Å². The predicted octanol–water partition coefficient (Wildman–Crippen LogP) is -0.486. The Balaban J connectivity index is 1.90. The van der Waals surface area contributed by atoms with E-state index in [4.69, 9.17) is 4.74 Å². The highest BCUT2D eigenvalue weighted by atomic mass is 16.5. The van der Waals surface area contributed by atoms with Crippen LogP contribution in [0.15, 0.2) is 0 Å². The Morgan fingerprint density at radius 2 is 2.00 bits per heavy atom. The lowest BCUT2D eigenvalue weighted by Crippen LogP contribution is -2.52. The number of rotatable bonds is 2. The highest BCUT2D eigenvalue weighted by molar-refractivity contribution is 5.98. The maximum Gasteiger partial charge on any atom is 0.255 e. The lowest BCUT2D eigenvalue weighted by molar-refractivity contribution is -0.158. The summed E-state index contributed by atoms with van der Waals surface area (Å²) in [6, 6.07) is 0.268. The minimum atomic E-state index is -0.210. The van der Waals surface area contributed by atoms with Gasteiger partial charge in [-0.15, -0.1) is 0 Å². The molecule has 0 aromatic carbocycles. The number of piperidine rings is 1. The standard InChI is InChI=1S/C10H16N2O3/c13-9-6-15-7-10(14)12(9)5-8-3-1-2-4-11-8/h8,11H,1-7H2/t8-/m1/s1. The summed E-state index contributed by atoms with van der Waals surface area (Å²) in [7, 11) is 0. The second-order valence-electron chi connectivity index (χ2n) is 4.04. The van der Waals surface area contributed by atoms with E-state index in [-0.39, 0.29) is 31.1 Å². The summed E-state index contributed by atoms with van der Waals surface area (Å²) in [5.74, 6) is -0.419. The molecule has 2 fully saturated rings. The minimum Gasteiger partial charge on any atom is -0.362 e. The van der Waals surface area contributed by atoms with Crippen LogP contribution in [-0.2, 0) is 14.3 Å². The molecule has 2 aliphatic heterocycles. The maximum absolute atomic E-state index is 11.4. The van der Waals surface area contributed by atoms with Gasteiger partial charge in [-0.1, -0.05) is 6.42 Å². The number of morpholine rings is 1. The van der Waals surface area contributed by atoms with E-state index in [1.807, 2.05) is 0 Å². The fraction of sp³-hybridized carbons (Fsp3) is 0.800. The molecular weight excluding hydrogens is 196 g/mol. The van der Waals surface area contributed by atoms with E-state index >= 15 is 0 Å². The summed E-state index contributed by atoms with van der Waals surface area (Å²) in [4.78, 5) is 24.2. The molecule has 15 heavy (non-hydrogen) atoms. The zero-order chi connectivity index (χ0) is 10.7. The molecule has 0 saturated carbocycles. The van der Waals surface area contributed by atoms with Gasteiger partial charge in [0.2, 0.25) is 0 Å². The van der Waals surface area contributed by atoms with Crippen molar-refractivity contribution in [1.29, 1.82) is 0 Å². The highest BCUT2D eigenvalue weighted by Crippen LogP contribution is 2.10. The molecule has 2 amide bonds. The van der Waals surface area contributed by atoms with Crippen LogP contribution >= 0.6 is 0 Å². The van der Waals surface area contributed by atoms with Crippen molar-refractivity contribution in [3.8, 4) is 0 Å². The van der Waals surface area contributed by atoms with Gasteiger partial charge in [-0.25, -0.2) is 0 Å². The van der Waals surface area contributed by atoms with Gasteiger partial charge in [0.25, 0.3) is 11.8 Å². The summed E-state index contributed by atoms with van der Waals surface area (Å²) in [6.45, 7) is 1.56. The average molecular weight is 212 g/mol. The number of amides is 2. The van der Waals surface area contributed by atoms with E-state index in [2.05, 4.69) is 5.32 Å². The zero-order valence-corrected chi connectivity index (χ0v) is 8.70. The third kappa shape index (κ3) is 2.54. The SMILES string of the molecule is O=C1COCC(=O)N1C[C@H]1CCCCN1. The van der Waals surface area contributed by atoms with E-state index in [1.54, 1.807) is 0 Å². The van der Waals surface area contributed by atoms with Gasteiger partial charge in [0.05, 0.1) is 0 Å². The Kier molecular flexibility index (Phi) is 3.33. The molecule has 1 N–H and O–H groups in total. The number of hydrogen-bond donors (Lipinski definition) is 1. The van der Waals surface area contributed by atoms with Crippen LogP contribution in [0.4, 0.5) is 0 Å². The molecule has 84 valence electrons. The number of carbonyl (C=O) groups excluding carboxylic acids is 2. The van der Waals surface area contributed by atoms with Crippen LogP contribution < -0.4 is 5.32 Å². The van der Waals surface area contributed by atoms with Crippen molar-refractivity contribution in [2.24, 2.45) is 0 Å². The normalized spacial score (nSPS) is 28.3. The second kappa shape index (κ2) is 4.72. The molecule has 1 atom stereocenters. The van der Waals surface area contributed by atoms with Crippen molar-refractivity contribution < 1.29 is 14.3 Å². The molecule has 0 spiro atoms. The van der Waals surface area contributed by atoms with E-state index in [0.717, 1.165) is 13.0 Å². The van der Waals surface area contributed by atoms with Gasteiger partial charge in [-0.2, -0.15) is 0 Å². The zero-order valence-electron chi connectivity index (χ0n) is 8.70. The first-order chi connectivity index (χ1) is 7.27. The molecule has 0 aliphatic carbocycles. The van der Waals surface area contributed by atoms with Crippen LogP contribution in [0, 0.1) is 0 Å². The topological polar surface area (TPSA) is 58.6 Å². The third-order valence-corrected chi connectivity index (χ3v) is 2.87. The van der Waals surface area contributed by atoms with Gasteiger partial charge in [-0.3, -0.25) is 14.5 Å². The average Bonchev–Trinajstić information content (AvgIpc) is 2.25. The summed E-state index contributed by atoms with van der Waals surface area (Å²) in [5.41, 5.74) is 0. The van der Waals surface area contributed by atoms with Crippen molar-refractivity contribution in [2.75, 3.05) is 26.3 Å². The Morgan fingerprint density at radius 3 is 2.60 bits per heavy atom. The van der Waals surface area contributed by atoms with Gasteiger partial charge in [0.1, 0.15) is 13.2 Å². The van der Waals surface area contributed by atoms with Crippen LogP contribution in [0.1, 0.15) is 19.3 Å². The summed E-state index contributed by atoms with van der Waals surface area (Å²) in [5, 5.41) is 3.32. The molecule has 5 heteroatoms. The van der Waals surface area contributed by atoms with E-state index in [9.17, 15) is 9.59 Å². The van der Waals surface area contributed by atoms with Crippen LogP contribution in [-0.4, -0.2) is 49.1 Å². The van der Waals surface area contributed by atoms with Gasteiger partial charge < -0.3 is 10.1 Å². The summed E-state index contributed by atoms with van der Waals surface area (Å²) in [6.07, 6.45) is 3.39. The molecule has 0 aromatic rings. The number of imide groups is 1. The van der Waals surface area contributed by atoms with Gasteiger partial charge in [0, 0.05) is 12.6 Å². The first-order valence-electron chi connectivity index (χ1n) is 5.41. The first kappa shape index (κ1) is 10.6. The molecule has 2 saturated heterocycles. The third-order valence-electron chi connectivity index (χ3n) is 2.87. The van der Waals surface area contributed by atoms with E-state index in [1.165, 1.54) is 17.7 Å². The largest absolute Gasteiger partial charge is 0.362 e. The van der Waals surface area contributed by atoms with Crippen LogP contribution in [0.2, 0.25) is 0 Å². The molecule has 0 bridgehead atoms. The van der Waals surface area contributed by atoms with Crippen molar-refractivity contribution in [2.45, 2.75) is 25.3 Å². The maximum atomic E-state index is 11.4. The Morgan fingerprint density at radius 1 is 1.27 bits per heavy atom. The van der Waals surface area contributed by atoms with Crippen molar-refractivity contribution >= 4 is 11.8 Å². The number of hydrogen-bond acceptors (Lipinski definition) is 4. The molecular formula is C10H16N2O3. The molecule has 5 nitrogen and oxygen atoms in total. The Hall–Kier alpha value is -0.940. The molecule has 2 aliphatic rings. The monoisotopic (exact) mass is 212 g/mol. The number of nitrogens with zero attached hydrogens (tertiary/aromatic N) is 1. The van der Waals surface area contributed by atoms with Gasteiger partial charge >= 0.3 is 0 Å². The Bertz CT molecular complexity index is 245. The summed E-state index contributed by atoms with van der Waals surface area (Å²) < 4.78 is 4.85. The predicted molar refractivity (Wildman–Crippen MR) is 53.2 cm³/mol. The van der Waals surface area contributed by atoms with Crippen LogP contribution in [0.25, 0.3) is 0 Å². The molecule has 0 radical (unpaired) electrons. The number of nitrogens with one attached hydrogen (secondary N) is 1. The first-order valence-corrected chi connectivity index (χ1v) is 5.41. The fourth-order valence-electron chi connectivity index (χ4n) is 2.02. The van der Waals surface area contributed by atoms with E-state index < -0.39 is 0 Å². The summed E-state index contributed by atoms with van der Waals surface area (Å²) >= 11 is 0. The molecule has 0 aromatic heterocycles. The van der Waals surface area contributed by atoms with Crippen LogP contribution in [0.3, 0.4) is 0 Å². The molecule has 2 rings (SSSR count). The highest BCUT2D eigenvalue weighted by Gasteiger charge is 2.29. The second-order valence-corrected chi connectivity index (χ2v) is 4.04.